The normalized spacial score (nSPS) is 15.3. The highest BCUT2D eigenvalue weighted by molar-refractivity contribution is 5.91. The summed E-state index contributed by atoms with van der Waals surface area (Å²) in [6.45, 7) is 2.18. The summed E-state index contributed by atoms with van der Waals surface area (Å²) >= 11 is 0. The molecule has 0 aliphatic carbocycles. The Labute approximate surface area is 187 Å². The van der Waals surface area contributed by atoms with Crippen LogP contribution in [-0.2, 0) is 6.42 Å². The van der Waals surface area contributed by atoms with Gasteiger partial charge in [0.15, 0.2) is 0 Å². The highest BCUT2D eigenvalue weighted by atomic mass is 19.4. The first-order valence-corrected chi connectivity index (χ1v) is 11.4. The van der Waals surface area contributed by atoms with Crippen LogP contribution in [0.4, 0.5) is 18.9 Å². The zero-order valence-electron chi connectivity index (χ0n) is 18.2. The van der Waals surface area contributed by atoms with Gasteiger partial charge in [-0.2, -0.15) is 0 Å². The van der Waals surface area contributed by atoms with Gasteiger partial charge in [0, 0.05) is 30.4 Å². The third kappa shape index (κ3) is 6.15. The van der Waals surface area contributed by atoms with Crippen LogP contribution in [0.5, 0.6) is 5.75 Å². The first-order valence-electron chi connectivity index (χ1n) is 11.4. The second-order valence-electron chi connectivity index (χ2n) is 8.57. The largest absolute Gasteiger partial charge is 0.573 e. The highest BCUT2D eigenvalue weighted by Gasteiger charge is 2.30. The van der Waals surface area contributed by atoms with Crippen molar-refractivity contribution < 1.29 is 17.9 Å². The summed E-state index contributed by atoms with van der Waals surface area (Å²) < 4.78 is 40.6. The van der Waals surface area contributed by atoms with Crippen LogP contribution >= 0.6 is 0 Å². The monoisotopic (exact) mass is 442 g/mol. The van der Waals surface area contributed by atoms with E-state index in [1.54, 1.807) is 12.1 Å². The summed E-state index contributed by atoms with van der Waals surface area (Å²) in [5.41, 5.74) is 3.40. The number of aromatic nitrogens is 1. The number of hydrogen-bond acceptors (Lipinski definition) is 3. The van der Waals surface area contributed by atoms with Gasteiger partial charge in [0.2, 0.25) is 0 Å². The Hall–Kier alpha value is -2.76. The molecule has 0 saturated carbocycles. The van der Waals surface area contributed by atoms with Crippen molar-refractivity contribution in [3.05, 3.63) is 66.4 Å². The summed E-state index contributed by atoms with van der Waals surface area (Å²) in [6.07, 6.45) is 5.26. The number of fused-ring (bicyclic) bond motifs is 1. The summed E-state index contributed by atoms with van der Waals surface area (Å²) in [6, 6.07) is 16.7. The van der Waals surface area contributed by atoms with Crippen molar-refractivity contribution in [1.29, 1.82) is 0 Å². The lowest BCUT2D eigenvalue weighted by atomic mass is 9.90. The third-order valence-electron chi connectivity index (χ3n) is 6.32. The number of pyridine rings is 1. The maximum absolute atomic E-state index is 12.2. The van der Waals surface area contributed by atoms with E-state index >= 15 is 0 Å². The standard InChI is InChI=1S/C26H29F3N2O/c27-26(28,29)32-22-12-10-20(11-13-22)6-2-1-3-7-21-15-18-31(19-16-21)25-14-17-30-24-9-5-4-8-23(24)25/h4-5,8-14,17,21H,1-3,6-7,15-16,18-19H2. The smallest absolute Gasteiger partial charge is 0.406 e. The number of piperidine rings is 1. The van der Waals surface area contributed by atoms with Gasteiger partial charge in [0.25, 0.3) is 0 Å². The van der Waals surface area contributed by atoms with Gasteiger partial charge in [-0.3, -0.25) is 4.98 Å². The van der Waals surface area contributed by atoms with E-state index in [0.29, 0.717) is 0 Å². The van der Waals surface area contributed by atoms with Gasteiger partial charge in [-0.05, 0) is 61.4 Å². The molecule has 0 atom stereocenters. The van der Waals surface area contributed by atoms with E-state index in [1.807, 2.05) is 12.3 Å². The third-order valence-corrected chi connectivity index (χ3v) is 6.32. The van der Waals surface area contributed by atoms with Crippen LogP contribution < -0.4 is 9.64 Å². The van der Waals surface area contributed by atoms with Gasteiger partial charge in [-0.25, -0.2) is 0 Å². The number of halogens is 3. The summed E-state index contributed by atoms with van der Waals surface area (Å²) in [5, 5.41) is 1.23. The number of ether oxygens (including phenoxy) is 1. The van der Waals surface area contributed by atoms with Crippen LogP contribution in [0.15, 0.2) is 60.8 Å². The molecule has 0 spiro atoms. The van der Waals surface area contributed by atoms with Crippen molar-refractivity contribution in [1.82, 2.24) is 4.98 Å². The van der Waals surface area contributed by atoms with Crippen LogP contribution in [0.2, 0.25) is 0 Å². The second-order valence-corrected chi connectivity index (χ2v) is 8.57. The van der Waals surface area contributed by atoms with Gasteiger partial charge in [-0.15, -0.1) is 13.2 Å². The second kappa shape index (κ2) is 10.2. The molecule has 1 aliphatic heterocycles. The molecule has 0 amide bonds. The first-order chi connectivity index (χ1) is 15.5. The summed E-state index contributed by atoms with van der Waals surface area (Å²) in [7, 11) is 0. The van der Waals surface area contributed by atoms with Crippen LogP contribution in [0.3, 0.4) is 0 Å². The molecule has 1 saturated heterocycles. The average molecular weight is 443 g/mol. The number of benzene rings is 2. The molecule has 2 aromatic carbocycles. The van der Waals surface area contributed by atoms with Crippen molar-refractivity contribution in [3.63, 3.8) is 0 Å². The van der Waals surface area contributed by atoms with E-state index in [4.69, 9.17) is 0 Å². The lowest BCUT2D eigenvalue weighted by Crippen LogP contribution is -2.33. The van der Waals surface area contributed by atoms with Gasteiger partial charge in [0.1, 0.15) is 5.75 Å². The van der Waals surface area contributed by atoms with Crippen LogP contribution in [0.25, 0.3) is 10.9 Å². The summed E-state index contributed by atoms with van der Waals surface area (Å²) in [4.78, 5) is 6.96. The molecular weight excluding hydrogens is 413 g/mol. The maximum Gasteiger partial charge on any atom is 0.573 e. The number of hydrogen-bond donors (Lipinski definition) is 0. The minimum atomic E-state index is -4.64. The van der Waals surface area contributed by atoms with Crippen LogP contribution in [-0.4, -0.2) is 24.4 Å². The molecule has 0 radical (unpaired) electrons. The first kappa shape index (κ1) is 22.4. The fraction of sp³-hybridized carbons (Fsp3) is 0.423. The summed E-state index contributed by atoms with van der Waals surface area (Å²) in [5.74, 6) is 0.616. The van der Waals surface area contributed by atoms with Crippen LogP contribution in [0, 0.1) is 5.92 Å². The molecule has 170 valence electrons. The van der Waals surface area contributed by atoms with Gasteiger partial charge < -0.3 is 9.64 Å². The average Bonchev–Trinajstić information content (AvgIpc) is 2.79. The minimum Gasteiger partial charge on any atom is -0.406 e. The molecule has 3 nitrogen and oxygen atoms in total. The van der Waals surface area contributed by atoms with E-state index in [1.165, 1.54) is 48.9 Å². The number of alkyl halides is 3. The Bertz CT molecular complexity index is 991. The van der Waals surface area contributed by atoms with E-state index < -0.39 is 6.36 Å². The van der Waals surface area contributed by atoms with Crippen molar-refractivity contribution in [2.24, 2.45) is 5.92 Å². The number of rotatable bonds is 8. The van der Waals surface area contributed by atoms with Crippen molar-refractivity contribution >= 4 is 16.6 Å². The van der Waals surface area contributed by atoms with Gasteiger partial charge in [-0.1, -0.05) is 49.6 Å². The van der Waals surface area contributed by atoms with E-state index in [-0.39, 0.29) is 5.75 Å². The highest BCUT2D eigenvalue weighted by Crippen LogP contribution is 2.31. The number of para-hydroxylation sites is 1. The molecule has 1 aromatic heterocycles. The van der Waals surface area contributed by atoms with Gasteiger partial charge >= 0.3 is 6.36 Å². The molecule has 1 fully saturated rings. The maximum atomic E-state index is 12.2. The fourth-order valence-corrected chi connectivity index (χ4v) is 4.62. The predicted octanol–water partition coefficient (Wildman–Crippen LogP) is 7.15. The zero-order valence-corrected chi connectivity index (χ0v) is 18.2. The van der Waals surface area contributed by atoms with Gasteiger partial charge in [0.05, 0.1) is 5.52 Å². The zero-order chi connectivity index (χ0) is 22.4. The van der Waals surface area contributed by atoms with Crippen molar-refractivity contribution in [3.8, 4) is 5.75 Å². The lowest BCUT2D eigenvalue weighted by molar-refractivity contribution is -0.274. The van der Waals surface area contributed by atoms with E-state index in [9.17, 15) is 13.2 Å². The topological polar surface area (TPSA) is 25.4 Å². The van der Waals surface area contributed by atoms with Crippen LogP contribution in [0.1, 0.15) is 44.1 Å². The minimum absolute atomic E-state index is 0.160. The molecule has 4 rings (SSSR count). The molecule has 0 bridgehead atoms. The van der Waals surface area contributed by atoms with E-state index in [0.717, 1.165) is 49.4 Å². The van der Waals surface area contributed by atoms with Crippen molar-refractivity contribution in [2.75, 3.05) is 18.0 Å². The molecule has 1 aliphatic rings. The van der Waals surface area contributed by atoms with Crippen molar-refractivity contribution in [2.45, 2.75) is 51.3 Å². The molecular formula is C26H29F3N2O. The Kier molecular flexibility index (Phi) is 7.18. The molecule has 0 N–H and O–H groups in total. The quantitative estimate of drug-likeness (QED) is 0.346. The van der Waals surface area contributed by atoms with E-state index in [2.05, 4.69) is 38.9 Å². The molecule has 3 aromatic rings. The number of unbranched alkanes of at least 4 members (excludes halogenated alkanes) is 2. The number of anilines is 1. The molecule has 2 heterocycles. The Morgan fingerprint density at radius 3 is 2.41 bits per heavy atom. The molecule has 6 heteroatoms. The Balaban J connectivity index is 1.15. The Morgan fingerprint density at radius 1 is 0.906 bits per heavy atom. The number of nitrogens with zero attached hydrogens (tertiary/aromatic N) is 2. The SMILES string of the molecule is FC(F)(F)Oc1ccc(CCCCCC2CCN(c3ccnc4ccccc34)CC2)cc1. The Morgan fingerprint density at radius 2 is 1.66 bits per heavy atom. The molecule has 32 heavy (non-hydrogen) atoms. The number of aryl methyl sites for hydroxylation is 1. The predicted molar refractivity (Wildman–Crippen MR) is 122 cm³/mol. The fourth-order valence-electron chi connectivity index (χ4n) is 4.62. The molecule has 0 unspecified atom stereocenters. The lowest BCUT2D eigenvalue weighted by Gasteiger charge is -2.34.